The maximum Gasteiger partial charge on any atom is 0.263 e. The monoisotopic (exact) mass is 467 g/mol. The van der Waals surface area contributed by atoms with E-state index in [0.717, 1.165) is 12.1 Å². The van der Waals surface area contributed by atoms with E-state index in [2.05, 4.69) is 15.3 Å². The normalized spacial score (nSPS) is 15.5. The van der Waals surface area contributed by atoms with Crippen molar-refractivity contribution in [3.63, 3.8) is 0 Å². The molecule has 2 heterocycles. The van der Waals surface area contributed by atoms with Gasteiger partial charge in [-0.2, -0.15) is 9.40 Å². The Balaban J connectivity index is 1.81. The van der Waals surface area contributed by atoms with Gasteiger partial charge in [-0.05, 0) is 24.5 Å². The van der Waals surface area contributed by atoms with Crippen molar-refractivity contribution < 1.29 is 13.2 Å². The Labute approximate surface area is 189 Å². The van der Waals surface area contributed by atoms with Gasteiger partial charge in [-0.25, -0.2) is 8.42 Å². The van der Waals surface area contributed by atoms with Gasteiger partial charge in [0.15, 0.2) is 0 Å². The first kappa shape index (κ1) is 23.6. The number of hydrogen-bond donors (Lipinski definition) is 1. The lowest BCUT2D eigenvalue weighted by atomic mass is 10.2. The average molecular weight is 468 g/mol. The van der Waals surface area contributed by atoms with Crippen LogP contribution in [0.2, 0.25) is 5.02 Å². The number of piperazine rings is 1. The second kappa shape index (κ2) is 10.0. The summed E-state index contributed by atoms with van der Waals surface area (Å²) in [5.41, 5.74) is 0.991. The molecule has 0 saturated carbocycles. The highest BCUT2D eigenvalue weighted by molar-refractivity contribution is 7.89. The molecular formula is C21H30ClN5O3S. The van der Waals surface area contributed by atoms with Crippen LogP contribution in [0.3, 0.4) is 0 Å². The number of nitrogens with zero attached hydrogens (tertiary/aromatic N) is 4. The molecule has 0 bridgehead atoms. The highest BCUT2D eigenvalue weighted by Gasteiger charge is 2.35. The number of nitrogens with one attached hydrogen (secondary N) is 1. The maximum atomic E-state index is 13.4. The van der Waals surface area contributed by atoms with E-state index >= 15 is 0 Å². The second-order valence-electron chi connectivity index (χ2n) is 8.06. The molecule has 0 atom stereocenters. The standard InChI is InChI=1S/C21H30ClN5O3S/c1-4-9-26-15-17(20(28)23-14-16(2)3)21(24-26)31(29,30)27-12-10-25(11-13-27)19-8-6-5-7-18(19)22/h5-8,15-16H,4,9-14H2,1-3H3,(H,23,28). The smallest absolute Gasteiger partial charge is 0.263 e. The molecule has 1 aliphatic rings. The topological polar surface area (TPSA) is 87.5 Å². The number of halogens is 1. The van der Waals surface area contributed by atoms with E-state index in [1.807, 2.05) is 45.0 Å². The molecule has 170 valence electrons. The number of sulfonamides is 1. The predicted octanol–water partition coefficient (Wildman–Crippen LogP) is 2.84. The van der Waals surface area contributed by atoms with Crippen molar-refractivity contribution in [3.8, 4) is 0 Å². The Morgan fingerprint density at radius 3 is 2.48 bits per heavy atom. The van der Waals surface area contributed by atoms with Gasteiger partial charge in [-0.1, -0.05) is 44.5 Å². The average Bonchev–Trinajstić information content (AvgIpc) is 3.18. The van der Waals surface area contributed by atoms with Crippen molar-refractivity contribution in [1.29, 1.82) is 0 Å². The van der Waals surface area contributed by atoms with E-state index in [9.17, 15) is 13.2 Å². The Morgan fingerprint density at radius 1 is 1.19 bits per heavy atom. The SMILES string of the molecule is CCCn1cc(C(=O)NCC(C)C)c(S(=O)(=O)N2CCN(c3ccccc3Cl)CC2)n1. The van der Waals surface area contributed by atoms with Crippen molar-refractivity contribution in [2.45, 2.75) is 38.8 Å². The first-order valence-electron chi connectivity index (χ1n) is 10.6. The summed E-state index contributed by atoms with van der Waals surface area (Å²) in [6.07, 6.45) is 2.32. The van der Waals surface area contributed by atoms with Crippen LogP contribution in [-0.4, -0.2) is 61.1 Å². The minimum absolute atomic E-state index is 0.0997. The number of para-hydroxylation sites is 1. The van der Waals surface area contributed by atoms with Crippen LogP contribution in [0.5, 0.6) is 0 Å². The summed E-state index contributed by atoms with van der Waals surface area (Å²) >= 11 is 6.29. The number of carbonyl (C=O) groups excluding carboxylic acids is 1. The number of hydrogen-bond acceptors (Lipinski definition) is 5. The zero-order chi connectivity index (χ0) is 22.6. The lowest BCUT2D eigenvalue weighted by Crippen LogP contribution is -2.49. The van der Waals surface area contributed by atoms with Crippen molar-refractivity contribution in [1.82, 2.24) is 19.4 Å². The molecule has 1 fully saturated rings. The van der Waals surface area contributed by atoms with Crippen molar-refractivity contribution >= 4 is 33.2 Å². The van der Waals surface area contributed by atoms with Gasteiger partial charge in [-0.3, -0.25) is 9.48 Å². The van der Waals surface area contributed by atoms with Crippen LogP contribution < -0.4 is 10.2 Å². The van der Waals surface area contributed by atoms with E-state index in [4.69, 9.17) is 11.6 Å². The molecule has 0 aliphatic carbocycles. The van der Waals surface area contributed by atoms with Gasteiger partial charge < -0.3 is 10.2 Å². The molecule has 1 aromatic carbocycles. The summed E-state index contributed by atoms with van der Waals surface area (Å²) in [5.74, 6) is -0.156. The molecule has 1 N–H and O–H groups in total. The van der Waals surface area contributed by atoms with Crippen LogP contribution >= 0.6 is 11.6 Å². The number of rotatable bonds is 8. The summed E-state index contributed by atoms with van der Waals surface area (Å²) in [6.45, 7) is 8.55. The van der Waals surface area contributed by atoms with Gasteiger partial charge in [0, 0.05) is 45.5 Å². The zero-order valence-electron chi connectivity index (χ0n) is 18.2. The van der Waals surface area contributed by atoms with E-state index in [1.54, 1.807) is 0 Å². The van der Waals surface area contributed by atoms with Crippen LogP contribution in [0.4, 0.5) is 5.69 Å². The van der Waals surface area contributed by atoms with E-state index in [0.29, 0.717) is 44.3 Å². The Morgan fingerprint density at radius 2 is 1.87 bits per heavy atom. The molecule has 1 saturated heterocycles. The second-order valence-corrected chi connectivity index (χ2v) is 10.3. The van der Waals surface area contributed by atoms with Crippen LogP contribution in [-0.2, 0) is 16.6 Å². The van der Waals surface area contributed by atoms with Crippen molar-refractivity contribution in [2.24, 2.45) is 5.92 Å². The number of aromatic nitrogens is 2. The molecule has 31 heavy (non-hydrogen) atoms. The maximum absolute atomic E-state index is 13.4. The van der Waals surface area contributed by atoms with Crippen molar-refractivity contribution in [3.05, 3.63) is 41.0 Å². The molecule has 0 unspecified atom stereocenters. The van der Waals surface area contributed by atoms with Gasteiger partial charge in [0.05, 0.1) is 16.3 Å². The molecule has 1 amide bonds. The number of amides is 1. The van der Waals surface area contributed by atoms with E-state index in [1.165, 1.54) is 15.2 Å². The van der Waals surface area contributed by atoms with Gasteiger partial charge in [0.1, 0.15) is 0 Å². The van der Waals surface area contributed by atoms with E-state index in [-0.39, 0.29) is 16.5 Å². The summed E-state index contributed by atoms with van der Waals surface area (Å²) < 4.78 is 29.7. The molecule has 0 spiro atoms. The number of anilines is 1. The molecule has 0 radical (unpaired) electrons. The largest absolute Gasteiger partial charge is 0.368 e. The summed E-state index contributed by atoms with van der Waals surface area (Å²) in [6, 6.07) is 7.52. The zero-order valence-corrected chi connectivity index (χ0v) is 19.8. The highest BCUT2D eigenvalue weighted by Crippen LogP contribution is 2.27. The third-order valence-electron chi connectivity index (χ3n) is 5.11. The van der Waals surface area contributed by atoms with Crippen LogP contribution in [0.25, 0.3) is 0 Å². The minimum atomic E-state index is -3.91. The lowest BCUT2D eigenvalue weighted by molar-refractivity contribution is 0.0945. The predicted molar refractivity (Wildman–Crippen MR) is 122 cm³/mol. The first-order valence-corrected chi connectivity index (χ1v) is 12.4. The van der Waals surface area contributed by atoms with Gasteiger partial charge in [-0.15, -0.1) is 0 Å². The highest BCUT2D eigenvalue weighted by atomic mass is 35.5. The number of carbonyl (C=O) groups is 1. The third kappa shape index (κ3) is 5.39. The molecule has 3 rings (SSSR count). The molecule has 10 heteroatoms. The lowest BCUT2D eigenvalue weighted by Gasteiger charge is -2.35. The fraction of sp³-hybridized carbons (Fsp3) is 0.524. The van der Waals surface area contributed by atoms with Gasteiger partial charge >= 0.3 is 0 Å². The molecule has 8 nitrogen and oxygen atoms in total. The van der Waals surface area contributed by atoms with Gasteiger partial charge in [0.25, 0.3) is 15.9 Å². The molecule has 1 aromatic heterocycles. The fourth-order valence-corrected chi connectivity index (χ4v) is 5.26. The summed E-state index contributed by atoms with van der Waals surface area (Å²) in [5, 5.41) is 7.55. The number of benzene rings is 1. The summed E-state index contributed by atoms with van der Waals surface area (Å²) in [4.78, 5) is 14.8. The Bertz CT molecular complexity index is 1010. The minimum Gasteiger partial charge on any atom is -0.368 e. The van der Waals surface area contributed by atoms with Crippen LogP contribution in [0.15, 0.2) is 35.5 Å². The third-order valence-corrected chi connectivity index (χ3v) is 7.27. The van der Waals surface area contributed by atoms with E-state index < -0.39 is 15.9 Å². The van der Waals surface area contributed by atoms with Crippen LogP contribution in [0, 0.1) is 5.92 Å². The molecule has 1 aliphatic heterocycles. The quantitative estimate of drug-likeness (QED) is 0.645. The number of aryl methyl sites for hydroxylation is 1. The van der Waals surface area contributed by atoms with Crippen molar-refractivity contribution in [2.75, 3.05) is 37.6 Å². The van der Waals surface area contributed by atoms with Gasteiger partial charge in [0.2, 0.25) is 5.03 Å². The fourth-order valence-electron chi connectivity index (χ4n) is 3.49. The van der Waals surface area contributed by atoms with Crippen LogP contribution in [0.1, 0.15) is 37.6 Å². The molecular weight excluding hydrogens is 438 g/mol. The first-order chi connectivity index (χ1) is 14.7. The Hall–Kier alpha value is -2.10. The Kier molecular flexibility index (Phi) is 7.61. The summed E-state index contributed by atoms with van der Waals surface area (Å²) in [7, 11) is -3.91. The molecule has 2 aromatic rings.